The Bertz CT molecular complexity index is 906. The Morgan fingerprint density at radius 3 is 2.62 bits per heavy atom. The molecule has 138 valence electrons. The van der Waals surface area contributed by atoms with Crippen LogP contribution in [0.2, 0.25) is 0 Å². The van der Waals surface area contributed by atoms with E-state index in [0.717, 1.165) is 0 Å². The number of para-hydroxylation sites is 1. The van der Waals surface area contributed by atoms with Crippen LogP contribution in [-0.2, 0) is 14.8 Å². The van der Waals surface area contributed by atoms with Crippen molar-refractivity contribution in [1.29, 1.82) is 0 Å². The van der Waals surface area contributed by atoms with Crippen molar-refractivity contribution in [2.45, 2.75) is 17.7 Å². The second-order valence-electron chi connectivity index (χ2n) is 5.73. The smallest absolute Gasteiger partial charge is 0.289 e. The van der Waals surface area contributed by atoms with Crippen LogP contribution in [-0.4, -0.2) is 41.6 Å². The standard InChI is InChI=1S/C15H16N4O5S2/c20-14(17-15-16-7-10-25-15)11-5-8-18(9-6-11)26(23,24)13-4-2-1-3-12(13)19(21)22/h1-4,7,10-11H,5-6,8-9H2,(H,16,17,20). The van der Waals surface area contributed by atoms with Gasteiger partial charge in [0, 0.05) is 36.7 Å². The Morgan fingerprint density at radius 1 is 1.31 bits per heavy atom. The Hall–Kier alpha value is -2.37. The fraction of sp³-hybridized carbons (Fsp3) is 0.333. The van der Waals surface area contributed by atoms with Crippen molar-refractivity contribution in [2.24, 2.45) is 5.92 Å². The number of carbonyl (C=O) groups is 1. The van der Waals surface area contributed by atoms with Gasteiger partial charge in [0.05, 0.1) is 4.92 Å². The molecule has 1 aliphatic heterocycles. The van der Waals surface area contributed by atoms with E-state index in [1.54, 1.807) is 11.6 Å². The number of nitro groups is 1. The summed E-state index contributed by atoms with van der Waals surface area (Å²) in [5.41, 5.74) is -0.448. The van der Waals surface area contributed by atoms with Crippen molar-refractivity contribution < 1.29 is 18.1 Å². The lowest BCUT2D eigenvalue weighted by atomic mass is 9.97. The van der Waals surface area contributed by atoms with E-state index >= 15 is 0 Å². The fourth-order valence-electron chi connectivity index (χ4n) is 2.82. The molecule has 1 saturated heterocycles. The number of rotatable bonds is 5. The van der Waals surface area contributed by atoms with Gasteiger partial charge >= 0.3 is 0 Å². The lowest BCUT2D eigenvalue weighted by molar-refractivity contribution is -0.387. The van der Waals surface area contributed by atoms with Crippen molar-refractivity contribution in [2.75, 3.05) is 18.4 Å². The monoisotopic (exact) mass is 396 g/mol. The van der Waals surface area contributed by atoms with Crippen LogP contribution in [0.15, 0.2) is 40.7 Å². The van der Waals surface area contributed by atoms with Crippen molar-refractivity contribution in [1.82, 2.24) is 9.29 Å². The molecule has 2 heterocycles. The average Bonchev–Trinajstić information content (AvgIpc) is 3.14. The second-order valence-corrected chi connectivity index (χ2v) is 8.53. The van der Waals surface area contributed by atoms with Gasteiger partial charge in [-0.15, -0.1) is 11.3 Å². The summed E-state index contributed by atoms with van der Waals surface area (Å²) >= 11 is 1.31. The molecule has 0 unspecified atom stereocenters. The third kappa shape index (κ3) is 3.74. The van der Waals surface area contributed by atoms with E-state index in [9.17, 15) is 23.3 Å². The van der Waals surface area contributed by atoms with Crippen LogP contribution in [0, 0.1) is 16.0 Å². The first-order valence-corrected chi connectivity index (χ1v) is 10.2. The number of sulfonamides is 1. The molecule has 0 atom stereocenters. The Labute approximate surface area is 153 Å². The summed E-state index contributed by atoms with van der Waals surface area (Å²) in [6.45, 7) is 0.259. The van der Waals surface area contributed by atoms with Gasteiger partial charge in [0.25, 0.3) is 5.69 Å². The number of piperidine rings is 1. The predicted molar refractivity (Wildman–Crippen MR) is 95.3 cm³/mol. The number of nitro benzene ring substituents is 1. The maximum absolute atomic E-state index is 12.8. The summed E-state index contributed by atoms with van der Waals surface area (Å²) in [5.74, 6) is -0.515. The van der Waals surface area contributed by atoms with Gasteiger partial charge < -0.3 is 5.32 Å². The summed E-state index contributed by atoms with van der Waals surface area (Å²) < 4.78 is 26.7. The average molecular weight is 396 g/mol. The van der Waals surface area contributed by atoms with E-state index in [1.165, 1.54) is 39.9 Å². The molecule has 1 aromatic carbocycles. The van der Waals surface area contributed by atoms with Gasteiger partial charge in [-0.3, -0.25) is 14.9 Å². The molecule has 0 aliphatic carbocycles. The molecule has 2 aromatic rings. The van der Waals surface area contributed by atoms with Crippen molar-refractivity contribution in [3.05, 3.63) is 46.0 Å². The third-order valence-corrected chi connectivity index (χ3v) is 6.80. The van der Waals surface area contributed by atoms with Gasteiger partial charge in [0.1, 0.15) is 0 Å². The number of aromatic nitrogens is 1. The molecule has 1 fully saturated rings. The highest BCUT2D eigenvalue weighted by Crippen LogP contribution is 2.29. The lowest BCUT2D eigenvalue weighted by Crippen LogP contribution is -2.41. The number of amides is 1. The molecule has 9 nitrogen and oxygen atoms in total. The number of carbonyl (C=O) groups excluding carboxylic acids is 1. The summed E-state index contributed by atoms with van der Waals surface area (Å²) in [6, 6.07) is 5.27. The quantitative estimate of drug-likeness (QED) is 0.610. The second kappa shape index (κ2) is 7.48. The lowest BCUT2D eigenvalue weighted by Gasteiger charge is -2.30. The highest BCUT2D eigenvalue weighted by molar-refractivity contribution is 7.89. The van der Waals surface area contributed by atoms with Gasteiger partial charge in [0.2, 0.25) is 15.9 Å². The first kappa shape index (κ1) is 18.4. The summed E-state index contributed by atoms with van der Waals surface area (Å²) in [5, 5.41) is 16.1. The van der Waals surface area contributed by atoms with Crippen LogP contribution < -0.4 is 5.32 Å². The zero-order valence-electron chi connectivity index (χ0n) is 13.6. The van der Waals surface area contributed by atoms with Gasteiger partial charge in [0.15, 0.2) is 10.0 Å². The zero-order valence-corrected chi connectivity index (χ0v) is 15.2. The molecular formula is C15H16N4O5S2. The van der Waals surface area contributed by atoms with Crippen molar-refractivity contribution in [3.63, 3.8) is 0 Å². The molecule has 0 radical (unpaired) electrons. The van der Waals surface area contributed by atoms with Crippen LogP contribution in [0.5, 0.6) is 0 Å². The fourth-order valence-corrected chi connectivity index (χ4v) is 4.98. The Morgan fingerprint density at radius 2 is 2.00 bits per heavy atom. The molecule has 0 saturated carbocycles. The maximum atomic E-state index is 12.8. The van der Waals surface area contributed by atoms with E-state index in [4.69, 9.17) is 0 Å². The van der Waals surface area contributed by atoms with E-state index in [-0.39, 0.29) is 29.8 Å². The van der Waals surface area contributed by atoms with Gasteiger partial charge in [-0.1, -0.05) is 12.1 Å². The van der Waals surface area contributed by atoms with Crippen molar-refractivity contribution >= 4 is 38.1 Å². The minimum atomic E-state index is -3.99. The highest BCUT2D eigenvalue weighted by Gasteiger charge is 2.35. The normalized spacial score (nSPS) is 16.3. The third-order valence-electron chi connectivity index (χ3n) is 4.17. The summed E-state index contributed by atoms with van der Waals surface area (Å²) in [4.78, 5) is 26.3. The number of nitrogens with one attached hydrogen (secondary N) is 1. The van der Waals surface area contributed by atoms with Crippen LogP contribution in [0.3, 0.4) is 0 Å². The van der Waals surface area contributed by atoms with Crippen LogP contribution >= 0.6 is 11.3 Å². The first-order valence-electron chi connectivity index (χ1n) is 7.83. The number of thiazole rings is 1. The minimum Gasteiger partial charge on any atom is -0.302 e. The molecule has 0 spiro atoms. The minimum absolute atomic E-state index is 0.129. The SMILES string of the molecule is O=C(Nc1nccs1)C1CCN(S(=O)(=O)c2ccccc2[N+](=O)[O-])CC1. The van der Waals surface area contributed by atoms with Crippen LogP contribution in [0.4, 0.5) is 10.8 Å². The van der Waals surface area contributed by atoms with Gasteiger partial charge in [-0.05, 0) is 18.9 Å². The van der Waals surface area contributed by atoms with Crippen LogP contribution in [0.1, 0.15) is 12.8 Å². The molecule has 1 N–H and O–H groups in total. The zero-order chi connectivity index (χ0) is 18.7. The van der Waals surface area contributed by atoms with Gasteiger partial charge in [-0.2, -0.15) is 4.31 Å². The Kier molecular flexibility index (Phi) is 5.30. The molecule has 11 heteroatoms. The summed E-state index contributed by atoms with van der Waals surface area (Å²) in [6.07, 6.45) is 2.27. The molecule has 1 aromatic heterocycles. The van der Waals surface area contributed by atoms with Gasteiger partial charge in [-0.25, -0.2) is 13.4 Å². The number of nitrogens with zero attached hydrogens (tertiary/aromatic N) is 3. The molecule has 1 aliphatic rings. The van der Waals surface area contributed by atoms with E-state index in [1.807, 2.05) is 0 Å². The van der Waals surface area contributed by atoms with E-state index in [0.29, 0.717) is 18.0 Å². The number of benzene rings is 1. The molecular weight excluding hydrogens is 380 g/mol. The molecule has 3 rings (SSSR count). The maximum Gasteiger partial charge on any atom is 0.289 e. The number of anilines is 1. The molecule has 0 bridgehead atoms. The van der Waals surface area contributed by atoms with Crippen molar-refractivity contribution in [3.8, 4) is 0 Å². The largest absolute Gasteiger partial charge is 0.302 e. The predicted octanol–water partition coefficient (Wildman–Crippen LogP) is 2.09. The topological polar surface area (TPSA) is 123 Å². The molecule has 26 heavy (non-hydrogen) atoms. The highest BCUT2D eigenvalue weighted by atomic mass is 32.2. The Balaban J connectivity index is 1.69. The molecule has 1 amide bonds. The van der Waals surface area contributed by atoms with E-state index in [2.05, 4.69) is 10.3 Å². The van der Waals surface area contributed by atoms with E-state index < -0.39 is 20.6 Å². The number of hydrogen-bond donors (Lipinski definition) is 1. The first-order chi connectivity index (χ1) is 12.4. The summed E-state index contributed by atoms with van der Waals surface area (Å²) in [7, 11) is -3.99. The van der Waals surface area contributed by atoms with Crippen LogP contribution in [0.25, 0.3) is 0 Å². The number of hydrogen-bond acceptors (Lipinski definition) is 7.